The molecule has 0 radical (unpaired) electrons. The maximum atomic E-state index is 12.7. The summed E-state index contributed by atoms with van der Waals surface area (Å²) >= 11 is 0. The summed E-state index contributed by atoms with van der Waals surface area (Å²) in [6.07, 6.45) is 2.80. The lowest BCUT2D eigenvalue weighted by Gasteiger charge is -2.24. The molecule has 1 aromatic carbocycles. The molecular weight excluding hydrogens is 292 g/mol. The van der Waals surface area contributed by atoms with Crippen molar-refractivity contribution in [2.24, 2.45) is 5.73 Å². The monoisotopic (exact) mass is 314 g/mol. The molecule has 0 unspecified atom stereocenters. The topological polar surface area (TPSA) is 68.7 Å². The summed E-state index contributed by atoms with van der Waals surface area (Å²) < 4.78 is 10.9. The Hall–Kier alpha value is -2.27. The fraction of sp³-hybridized carbons (Fsp3) is 0.389. The van der Waals surface area contributed by atoms with E-state index in [1.54, 1.807) is 19.2 Å². The third-order valence-electron chi connectivity index (χ3n) is 4.36. The number of ether oxygens (including phenoxy) is 1. The van der Waals surface area contributed by atoms with Crippen LogP contribution in [-0.2, 0) is 13.0 Å². The molecule has 2 aromatic rings. The van der Waals surface area contributed by atoms with Gasteiger partial charge in [0.2, 0.25) is 0 Å². The minimum absolute atomic E-state index is 0.0536. The lowest BCUT2D eigenvalue weighted by molar-refractivity contribution is 0.0702. The molecule has 5 heteroatoms. The first-order valence-corrected chi connectivity index (χ1v) is 7.94. The number of furan rings is 1. The van der Waals surface area contributed by atoms with E-state index >= 15 is 0 Å². The number of amides is 1. The number of carbonyl (C=O) groups is 1. The number of benzene rings is 1. The summed E-state index contributed by atoms with van der Waals surface area (Å²) in [5.74, 6) is 1.82. The molecule has 0 aliphatic carbocycles. The molecule has 1 atom stereocenters. The molecule has 0 saturated carbocycles. The van der Waals surface area contributed by atoms with Gasteiger partial charge in [0.15, 0.2) is 5.76 Å². The molecule has 23 heavy (non-hydrogen) atoms. The predicted octanol–water partition coefficient (Wildman–Crippen LogP) is 2.59. The second-order valence-corrected chi connectivity index (χ2v) is 5.78. The molecule has 1 aliphatic rings. The van der Waals surface area contributed by atoms with E-state index in [1.165, 1.54) is 0 Å². The van der Waals surface area contributed by atoms with Crippen LogP contribution in [-0.4, -0.2) is 30.5 Å². The molecule has 1 saturated heterocycles. The summed E-state index contributed by atoms with van der Waals surface area (Å²) in [5, 5.41) is 0. The summed E-state index contributed by atoms with van der Waals surface area (Å²) in [5.41, 5.74) is 6.67. The van der Waals surface area contributed by atoms with Gasteiger partial charge >= 0.3 is 0 Å². The number of nitrogens with two attached hydrogens (primary N) is 1. The van der Waals surface area contributed by atoms with E-state index in [-0.39, 0.29) is 11.9 Å². The van der Waals surface area contributed by atoms with Crippen LogP contribution in [0.1, 0.15) is 34.7 Å². The highest BCUT2D eigenvalue weighted by atomic mass is 16.5. The minimum atomic E-state index is -0.0536. The summed E-state index contributed by atoms with van der Waals surface area (Å²) in [4.78, 5) is 14.6. The molecule has 5 nitrogen and oxygen atoms in total. The molecule has 0 bridgehead atoms. The highest BCUT2D eigenvalue weighted by Gasteiger charge is 2.31. The smallest absolute Gasteiger partial charge is 0.289 e. The van der Waals surface area contributed by atoms with Crippen LogP contribution in [0.4, 0.5) is 0 Å². The fourth-order valence-electron chi connectivity index (χ4n) is 3.18. The number of para-hydroxylation sites is 1. The molecule has 1 aromatic heterocycles. The van der Waals surface area contributed by atoms with E-state index in [0.717, 1.165) is 37.1 Å². The first-order chi connectivity index (χ1) is 11.2. The molecule has 3 rings (SSSR count). The van der Waals surface area contributed by atoms with Crippen molar-refractivity contribution in [2.75, 3.05) is 13.7 Å². The van der Waals surface area contributed by atoms with Crippen LogP contribution < -0.4 is 10.5 Å². The van der Waals surface area contributed by atoms with Crippen molar-refractivity contribution in [1.82, 2.24) is 4.90 Å². The van der Waals surface area contributed by atoms with E-state index in [4.69, 9.17) is 14.9 Å². The van der Waals surface area contributed by atoms with Crippen molar-refractivity contribution in [3.8, 4) is 5.75 Å². The van der Waals surface area contributed by atoms with Crippen LogP contribution in [0.3, 0.4) is 0 Å². The Balaban J connectivity index is 1.76. The van der Waals surface area contributed by atoms with Crippen LogP contribution in [0.15, 0.2) is 40.8 Å². The highest BCUT2D eigenvalue weighted by Crippen LogP contribution is 2.27. The number of hydrogen-bond acceptors (Lipinski definition) is 4. The molecule has 1 aliphatic heterocycles. The third-order valence-corrected chi connectivity index (χ3v) is 4.36. The lowest BCUT2D eigenvalue weighted by atomic mass is 10.0. The average Bonchev–Trinajstić information content (AvgIpc) is 3.24. The highest BCUT2D eigenvalue weighted by molar-refractivity contribution is 5.92. The Morgan fingerprint density at radius 1 is 1.35 bits per heavy atom. The number of likely N-dealkylation sites (tertiary alicyclic amines) is 1. The summed E-state index contributed by atoms with van der Waals surface area (Å²) in [6.45, 7) is 1.06. The maximum absolute atomic E-state index is 12.7. The first kappa shape index (κ1) is 15.6. The summed E-state index contributed by atoms with van der Waals surface area (Å²) in [7, 11) is 1.67. The van der Waals surface area contributed by atoms with Crippen LogP contribution in [0.25, 0.3) is 0 Å². The van der Waals surface area contributed by atoms with E-state index in [2.05, 4.69) is 6.07 Å². The quantitative estimate of drug-likeness (QED) is 0.921. The number of nitrogens with zero attached hydrogens (tertiary/aromatic N) is 1. The van der Waals surface area contributed by atoms with Gasteiger partial charge in [0.25, 0.3) is 5.91 Å². The van der Waals surface area contributed by atoms with Gasteiger partial charge in [-0.1, -0.05) is 18.2 Å². The number of rotatable bonds is 5. The van der Waals surface area contributed by atoms with Gasteiger partial charge in [0.1, 0.15) is 11.5 Å². The van der Waals surface area contributed by atoms with E-state index in [0.29, 0.717) is 18.1 Å². The van der Waals surface area contributed by atoms with Gasteiger partial charge in [-0.3, -0.25) is 4.79 Å². The SMILES string of the molecule is COc1ccccc1C[C@@H]1CCCN1C(=O)c1ccc(CN)o1. The first-order valence-electron chi connectivity index (χ1n) is 7.94. The molecule has 0 spiro atoms. The molecule has 2 N–H and O–H groups in total. The van der Waals surface area contributed by atoms with Crippen molar-refractivity contribution in [3.05, 3.63) is 53.5 Å². The molecule has 1 amide bonds. The zero-order valence-corrected chi connectivity index (χ0v) is 13.3. The molecular formula is C18H22N2O3. The predicted molar refractivity (Wildman–Crippen MR) is 87.4 cm³/mol. The second-order valence-electron chi connectivity index (χ2n) is 5.78. The Morgan fingerprint density at radius 3 is 2.91 bits per heavy atom. The van der Waals surface area contributed by atoms with Crippen LogP contribution in [0.2, 0.25) is 0 Å². The number of hydrogen-bond donors (Lipinski definition) is 1. The van der Waals surface area contributed by atoms with Gasteiger partial charge in [-0.25, -0.2) is 0 Å². The Kier molecular flexibility index (Phi) is 4.67. The van der Waals surface area contributed by atoms with Gasteiger partial charge in [-0.2, -0.15) is 0 Å². The third kappa shape index (κ3) is 3.24. The normalized spacial score (nSPS) is 17.5. The average molecular weight is 314 g/mol. The van der Waals surface area contributed by atoms with E-state index < -0.39 is 0 Å². The van der Waals surface area contributed by atoms with Gasteiger partial charge in [-0.05, 0) is 43.0 Å². The van der Waals surface area contributed by atoms with Crippen molar-refractivity contribution in [1.29, 1.82) is 0 Å². The zero-order chi connectivity index (χ0) is 16.2. The van der Waals surface area contributed by atoms with Crippen LogP contribution in [0, 0.1) is 0 Å². The van der Waals surface area contributed by atoms with Gasteiger partial charge in [-0.15, -0.1) is 0 Å². The molecule has 2 heterocycles. The molecule has 122 valence electrons. The lowest BCUT2D eigenvalue weighted by Crippen LogP contribution is -2.36. The van der Waals surface area contributed by atoms with Crippen molar-refractivity contribution >= 4 is 5.91 Å². The van der Waals surface area contributed by atoms with Crippen LogP contribution >= 0.6 is 0 Å². The second kappa shape index (κ2) is 6.87. The van der Waals surface area contributed by atoms with Gasteiger partial charge < -0.3 is 19.8 Å². The number of methoxy groups -OCH3 is 1. The standard InChI is InChI=1S/C18H22N2O3/c1-22-16-7-3-2-5-13(16)11-14-6-4-10-20(14)18(21)17-9-8-15(12-19)23-17/h2-3,5,7-9,14H,4,6,10-12,19H2,1H3/t14-/m0/s1. The largest absolute Gasteiger partial charge is 0.496 e. The van der Waals surface area contributed by atoms with Gasteiger partial charge in [0.05, 0.1) is 13.7 Å². The number of carbonyl (C=O) groups excluding carboxylic acids is 1. The summed E-state index contributed by atoms with van der Waals surface area (Å²) in [6, 6.07) is 11.6. The fourth-order valence-corrected chi connectivity index (χ4v) is 3.18. The maximum Gasteiger partial charge on any atom is 0.289 e. The Morgan fingerprint density at radius 2 is 2.17 bits per heavy atom. The van der Waals surface area contributed by atoms with E-state index in [1.807, 2.05) is 23.1 Å². The van der Waals surface area contributed by atoms with Crippen molar-refractivity contribution in [2.45, 2.75) is 31.8 Å². The zero-order valence-electron chi connectivity index (χ0n) is 13.3. The molecule has 1 fully saturated rings. The Labute approximate surface area is 136 Å². The Bertz CT molecular complexity index is 680. The minimum Gasteiger partial charge on any atom is -0.496 e. The van der Waals surface area contributed by atoms with Crippen molar-refractivity contribution in [3.63, 3.8) is 0 Å². The van der Waals surface area contributed by atoms with Gasteiger partial charge in [0, 0.05) is 12.6 Å². The van der Waals surface area contributed by atoms with Crippen molar-refractivity contribution < 1.29 is 13.9 Å². The van der Waals surface area contributed by atoms with E-state index in [9.17, 15) is 4.79 Å². The van der Waals surface area contributed by atoms with Crippen LogP contribution in [0.5, 0.6) is 5.75 Å².